The van der Waals surface area contributed by atoms with Crippen molar-refractivity contribution in [3.05, 3.63) is 48.0 Å². The number of nitrogens with one attached hydrogen (secondary N) is 4. The number of aliphatic carboxylic acids is 1. The molecule has 0 aliphatic heterocycles. The molecule has 0 bridgehead atoms. The number of carbonyl (C=O) groups is 4. The second kappa shape index (κ2) is 17.2. The number of H-pyrrole nitrogens is 1. The van der Waals surface area contributed by atoms with Crippen LogP contribution in [0.15, 0.2) is 36.8 Å². The Kier molecular flexibility index (Phi) is 14.0. The summed E-state index contributed by atoms with van der Waals surface area (Å²) in [6, 6.07) is 2.10. The van der Waals surface area contributed by atoms with Gasteiger partial charge in [0, 0.05) is 18.3 Å². The Bertz CT molecular complexity index is 1080. The molecule has 1 heterocycles. The minimum Gasteiger partial charge on any atom is -0.508 e. The van der Waals surface area contributed by atoms with E-state index < -0.39 is 47.9 Å². The third kappa shape index (κ3) is 11.2. The number of carboxylic acids is 1. The fraction of sp³-hybridized carbons (Fsp3) is 0.500. The van der Waals surface area contributed by atoms with Crippen molar-refractivity contribution in [2.75, 3.05) is 18.6 Å². The highest BCUT2D eigenvalue weighted by Gasteiger charge is 2.30. The number of amides is 3. The maximum absolute atomic E-state index is 13.3. The SMILES string of the molecule is CSCCC(NC(=O)C(N)Cc1ccc(O)cc1)C(=O)NC(CCCCN)C(=O)NC(Cc1cnc[nH]1)C(=O)O. The lowest BCUT2D eigenvalue weighted by molar-refractivity contribution is -0.142. The van der Waals surface area contributed by atoms with Gasteiger partial charge in [0.1, 0.15) is 23.9 Å². The second-order valence-electron chi connectivity index (χ2n) is 9.35. The summed E-state index contributed by atoms with van der Waals surface area (Å²) in [5.41, 5.74) is 12.9. The topological polar surface area (TPSA) is 226 Å². The Morgan fingerprint density at radius 2 is 1.57 bits per heavy atom. The average Bonchev–Trinajstić information content (AvgIpc) is 3.44. The summed E-state index contributed by atoms with van der Waals surface area (Å²) in [4.78, 5) is 57.7. The van der Waals surface area contributed by atoms with Gasteiger partial charge in [-0.15, -0.1) is 0 Å². The van der Waals surface area contributed by atoms with Gasteiger partial charge in [-0.1, -0.05) is 12.1 Å². The number of aromatic amines is 1. The number of phenolic OH excluding ortho intramolecular Hbond substituents is 1. The van der Waals surface area contributed by atoms with Gasteiger partial charge in [-0.3, -0.25) is 14.4 Å². The number of nitrogens with two attached hydrogens (primary N) is 2. The van der Waals surface area contributed by atoms with Crippen molar-refractivity contribution in [1.82, 2.24) is 25.9 Å². The number of aromatic nitrogens is 2. The van der Waals surface area contributed by atoms with Gasteiger partial charge >= 0.3 is 5.97 Å². The summed E-state index contributed by atoms with van der Waals surface area (Å²) in [6.45, 7) is 0.394. The summed E-state index contributed by atoms with van der Waals surface area (Å²) < 4.78 is 0. The van der Waals surface area contributed by atoms with Gasteiger partial charge in [0.2, 0.25) is 17.7 Å². The Labute approximate surface area is 237 Å². The van der Waals surface area contributed by atoms with Gasteiger partial charge < -0.3 is 42.6 Å². The summed E-state index contributed by atoms with van der Waals surface area (Å²) in [5, 5.41) is 27.0. The van der Waals surface area contributed by atoms with Crippen LogP contribution in [0.1, 0.15) is 36.9 Å². The predicted octanol–water partition coefficient (Wildman–Crippen LogP) is -0.351. The number of phenols is 1. The van der Waals surface area contributed by atoms with E-state index in [0.29, 0.717) is 37.3 Å². The molecule has 0 aliphatic carbocycles. The normalized spacial score (nSPS) is 14.0. The molecule has 4 unspecified atom stereocenters. The lowest BCUT2D eigenvalue weighted by atomic mass is 10.0. The smallest absolute Gasteiger partial charge is 0.326 e. The molecule has 0 spiro atoms. The summed E-state index contributed by atoms with van der Waals surface area (Å²) in [6.07, 6.45) is 6.56. The van der Waals surface area contributed by atoms with Crippen LogP contribution in [0.2, 0.25) is 0 Å². The van der Waals surface area contributed by atoms with Crippen molar-refractivity contribution >= 4 is 35.5 Å². The number of unbranched alkanes of at least 4 members (excludes halogenated alkanes) is 1. The molecular weight excluding hydrogens is 538 g/mol. The highest BCUT2D eigenvalue weighted by molar-refractivity contribution is 7.98. The number of thioether (sulfide) groups is 1. The third-order valence-electron chi connectivity index (χ3n) is 6.15. The molecule has 10 N–H and O–H groups in total. The summed E-state index contributed by atoms with van der Waals surface area (Å²) in [5.74, 6) is -2.35. The molecule has 2 rings (SSSR count). The Morgan fingerprint density at radius 1 is 0.950 bits per heavy atom. The number of aromatic hydroxyl groups is 1. The van der Waals surface area contributed by atoms with E-state index in [1.54, 1.807) is 12.1 Å². The van der Waals surface area contributed by atoms with Crippen molar-refractivity contribution in [2.45, 2.75) is 62.7 Å². The van der Waals surface area contributed by atoms with Crippen LogP contribution >= 0.6 is 11.8 Å². The summed E-state index contributed by atoms with van der Waals surface area (Å²) in [7, 11) is 0. The van der Waals surface area contributed by atoms with Crippen molar-refractivity contribution in [3.8, 4) is 5.75 Å². The van der Waals surface area contributed by atoms with Crippen LogP contribution in [0.4, 0.5) is 0 Å². The number of benzene rings is 1. The van der Waals surface area contributed by atoms with Gasteiger partial charge in [-0.25, -0.2) is 9.78 Å². The second-order valence-corrected chi connectivity index (χ2v) is 10.3. The molecule has 3 amide bonds. The molecule has 2 aromatic rings. The fourth-order valence-corrected chi connectivity index (χ4v) is 4.36. The Hall–Kier alpha value is -3.62. The van der Waals surface area contributed by atoms with Crippen LogP contribution in [0.5, 0.6) is 5.75 Å². The van der Waals surface area contributed by atoms with Crippen molar-refractivity contribution in [1.29, 1.82) is 0 Å². The van der Waals surface area contributed by atoms with E-state index in [1.165, 1.54) is 36.4 Å². The van der Waals surface area contributed by atoms with Gasteiger partial charge in [0.15, 0.2) is 0 Å². The lowest BCUT2D eigenvalue weighted by Gasteiger charge is -2.25. The fourth-order valence-electron chi connectivity index (χ4n) is 3.88. The molecule has 13 nitrogen and oxygen atoms in total. The maximum Gasteiger partial charge on any atom is 0.326 e. The quantitative estimate of drug-likeness (QED) is 0.107. The zero-order chi connectivity index (χ0) is 29.5. The number of carboxylic acid groups (broad SMARTS) is 1. The van der Waals surface area contributed by atoms with Crippen molar-refractivity contribution in [3.63, 3.8) is 0 Å². The van der Waals surface area contributed by atoms with Gasteiger partial charge in [-0.05, 0) is 68.4 Å². The van der Waals surface area contributed by atoms with Crippen LogP contribution in [-0.4, -0.2) is 86.6 Å². The molecule has 0 radical (unpaired) electrons. The van der Waals surface area contributed by atoms with E-state index in [1.807, 2.05) is 6.26 Å². The minimum atomic E-state index is -1.24. The van der Waals surface area contributed by atoms with Crippen LogP contribution in [-0.2, 0) is 32.0 Å². The first kappa shape index (κ1) is 32.6. The monoisotopic (exact) mass is 577 g/mol. The molecule has 220 valence electrons. The largest absolute Gasteiger partial charge is 0.508 e. The number of imidazole rings is 1. The average molecular weight is 578 g/mol. The van der Waals surface area contributed by atoms with Crippen LogP contribution in [0.3, 0.4) is 0 Å². The molecule has 0 aliphatic rings. The molecule has 1 aromatic heterocycles. The molecular formula is C26H39N7O6S. The number of carbonyl (C=O) groups excluding carboxylic acids is 3. The van der Waals surface area contributed by atoms with E-state index in [4.69, 9.17) is 11.5 Å². The highest BCUT2D eigenvalue weighted by atomic mass is 32.2. The van der Waals surface area contributed by atoms with E-state index in [9.17, 15) is 29.4 Å². The van der Waals surface area contributed by atoms with E-state index in [-0.39, 0.29) is 25.0 Å². The number of nitrogens with zero attached hydrogens (tertiary/aromatic N) is 1. The zero-order valence-corrected chi connectivity index (χ0v) is 23.3. The first-order chi connectivity index (χ1) is 19.1. The first-order valence-electron chi connectivity index (χ1n) is 13.0. The standard InChI is InChI=1S/C26H39N7O6S/c1-40-11-9-21(31-23(35)19(28)12-16-5-7-18(34)8-6-16)25(37)32-20(4-2-3-10-27)24(36)33-22(26(38)39)13-17-14-29-15-30-17/h5-8,14-15,19-22,34H,2-4,9-13,27-28H2,1H3,(H,29,30)(H,31,35)(H,32,37)(H,33,36)(H,38,39). The molecule has 40 heavy (non-hydrogen) atoms. The maximum atomic E-state index is 13.3. The van der Waals surface area contributed by atoms with Gasteiger partial charge in [0.25, 0.3) is 0 Å². The molecule has 14 heteroatoms. The zero-order valence-electron chi connectivity index (χ0n) is 22.5. The Morgan fingerprint density at radius 3 is 2.15 bits per heavy atom. The highest BCUT2D eigenvalue weighted by Crippen LogP contribution is 2.12. The molecule has 0 saturated carbocycles. The van der Waals surface area contributed by atoms with Crippen LogP contribution in [0.25, 0.3) is 0 Å². The molecule has 0 saturated heterocycles. The van der Waals surface area contributed by atoms with Crippen molar-refractivity contribution < 1.29 is 29.4 Å². The molecule has 1 aromatic carbocycles. The number of hydrogen-bond donors (Lipinski definition) is 8. The van der Waals surface area contributed by atoms with Crippen LogP contribution < -0.4 is 27.4 Å². The number of rotatable bonds is 18. The van der Waals surface area contributed by atoms with Gasteiger partial charge in [0.05, 0.1) is 12.4 Å². The minimum absolute atomic E-state index is 0.0180. The van der Waals surface area contributed by atoms with E-state index in [0.717, 1.165) is 5.56 Å². The lowest BCUT2D eigenvalue weighted by Crippen LogP contribution is -2.57. The van der Waals surface area contributed by atoms with Crippen LogP contribution in [0, 0.1) is 0 Å². The summed E-state index contributed by atoms with van der Waals surface area (Å²) >= 11 is 1.49. The van der Waals surface area contributed by atoms with Crippen molar-refractivity contribution in [2.24, 2.45) is 11.5 Å². The first-order valence-corrected chi connectivity index (χ1v) is 14.4. The molecule has 4 atom stereocenters. The predicted molar refractivity (Wildman–Crippen MR) is 151 cm³/mol. The Balaban J connectivity index is 2.10. The van der Waals surface area contributed by atoms with Gasteiger partial charge in [-0.2, -0.15) is 11.8 Å². The molecule has 0 fully saturated rings. The van der Waals surface area contributed by atoms with E-state index in [2.05, 4.69) is 25.9 Å². The number of hydrogen-bond acceptors (Lipinski definition) is 9. The third-order valence-corrected chi connectivity index (χ3v) is 6.79. The van der Waals surface area contributed by atoms with E-state index >= 15 is 0 Å².